The van der Waals surface area contributed by atoms with Gasteiger partial charge in [-0.15, -0.1) is 11.3 Å². The second kappa shape index (κ2) is 6.73. The van der Waals surface area contributed by atoms with E-state index in [0.717, 1.165) is 17.8 Å². The predicted molar refractivity (Wildman–Crippen MR) is 65.4 cm³/mol. The minimum Gasteiger partial charge on any atom is -0.466 e. The molecule has 0 saturated heterocycles. The van der Waals surface area contributed by atoms with E-state index < -0.39 is 10.0 Å². The molecule has 1 heterocycles. The number of hydrogen-bond acceptors (Lipinski definition) is 5. The van der Waals surface area contributed by atoms with Crippen molar-refractivity contribution in [3.05, 3.63) is 17.5 Å². The molecule has 0 aliphatic rings. The van der Waals surface area contributed by atoms with Crippen LogP contribution in [-0.2, 0) is 19.6 Å². The van der Waals surface area contributed by atoms with Gasteiger partial charge in [-0.25, -0.2) is 13.1 Å². The lowest BCUT2D eigenvalue weighted by atomic mass is 10.4. The van der Waals surface area contributed by atoms with Crippen molar-refractivity contribution in [3.8, 4) is 0 Å². The number of nitrogens with one attached hydrogen (secondary N) is 1. The Balaban J connectivity index is 2.34. The van der Waals surface area contributed by atoms with Crippen molar-refractivity contribution in [2.75, 3.05) is 13.2 Å². The Kier molecular flexibility index (Phi) is 5.60. The first-order chi connectivity index (χ1) is 8.06. The summed E-state index contributed by atoms with van der Waals surface area (Å²) in [7, 11) is -3.47. The average molecular weight is 277 g/mol. The van der Waals surface area contributed by atoms with Crippen LogP contribution in [0.2, 0.25) is 0 Å². The summed E-state index contributed by atoms with van der Waals surface area (Å²) in [6.45, 7) is 2.33. The quantitative estimate of drug-likeness (QED) is 0.764. The summed E-state index contributed by atoms with van der Waals surface area (Å²) in [4.78, 5) is 11.1. The zero-order valence-corrected chi connectivity index (χ0v) is 11.1. The van der Waals surface area contributed by atoms with Gasteiger partial charge >= 0.3 is 5.97 Å². The largest absolute Gasteiger partial charge is 0.466 e. The predicted octanol–water partition coefficient (Wildman–Crippen LogP) is 1.37. The van der Waals surface area contributed by atoms with E-state index in [0.29, 0.717) is 6.61 Å². The normalized spacial score (nSPS) is 11.4. The standard InChI is InChI=1S/C10H15NO4S2/c1-2-7-15-9(12)5-6-11-17(13,14)10-4-3-8-16-10/h3-4,8,11H,2,5-7H2,1H3. The van der Waals surface area contributed by atoms with Gasteiger partial charge in [0.15, 0.2) is 0 Å². The van der Waals surface area contributed by atoms with E-state index in [1.165, 1.54) is 6.07 Å². The van der Waals surface area contributed by atoms with Crippen molar-refractivity contribution in [1.29, 1.82) is 0 Å². The third-order valence-electron chi connectivity index (χ3n) is 1.85. The Morgan fingerprint density at radius 1 is 1.53 bits per heavy atom. The number of sulfonamides is 1. The van der Waals surface area contributed by atoms with Crippen LogP contribution < -0.4 is 4.72 Å². The fourth-order valence-corrected chi connectivity index (χ4v) is 3.13. The Hall–Kier alpha value is -0.920. The van der Waals surface area contributed by atoms with Gasteiger partial charge < -0.3 is 4.74 Å². The molecule has 1 rings (SSSR count). The number of rotatable bonds is 7. The van der Waals surface area contributed by atoms with E-state index >= 15 is 0 Å². The summed E-state index contributed by atoms with van der Waals surface area (Å²) in [5.74, 6) is -0.388. The zero-order valence-electron chi connectivity index (χ0n) is 9.51. The maximum atomic E-state index is 11.6. The van der Waals surface area contributed by atoms with Gasteiger partial charge in [-0.3, -0.25) is 4.79 Å². The third-order valence-corrected chi connectivity index (χ3v) is 4.71. The number of hydrogen-bond donors (Lipinski definition) is 1. The van der Waals surface area contributed by atoms with Crippen LogP contribution in [0.3, 0.4) is 0 Å². The van der Waals surface area contributed by atoms with Crippen LogP contribution in [0.25, 0.3) is 0 Å². The van der Waals surface area contributed by atoms with E-state index in [1.54, 1.807) is 11.4 Å². The van der Waals surface area contributed by atoms with Gasteiger partial charge in [-0.2, -0.15) is 0 Å². The van der Waals surface area contributed by atoms with Gasteiger partial charge in [0.2, 0.25) is 10.0 Å². The van der Waals surface area contributed by atoms with Crippen molar-refractivity contribution in [2.24, 2.45) is 0 Å². The van der Waals surface area contributed by atoms with E-state index in [2.05, 4.69) is 4.72 Å². The molecule has 0 aliphatic heterocycles. The Bertz CT molecular complexity index is 439. The molecule has 0 unspecified atom stereocenters. The number of carbonyl (C=O) groups excluding carboxylic acids is 1. The number of thiophene rings is 1. The minimum absolute atomic E-state index is 0.0462. The Labute approximate surface area is 105 Å². The van der Waals surface area contributed by atoms with Gasteiger partial charge in [0.25, 0.3) is 0 Å². The molecule has 5 nitrogen and oxygen atoms in total. The summed E-state index contributed by atoms with van der Waals surface area (Å²) in [5, 5.41) is 1.68. The van der Waals surface area contributed by atoms with Crippen LogP contribution >= 0.6 is 11.3 Å². The highest BCUT2D eigenvalue weighted by Crippen LogP contribution is 2.14. The minimum atomic E-state index is -3.47. The molecule has 0 bridgehead atoms. The Morgan fingerprint density at radius 3 is 2.88 bits per heavy atom. The van der Waals surface area contributed by atoms with Crippen LogP contribution in [0, 0.1) is 0 Å². The SMILES string of the molecule is CCCOC(=O)CCNS(=O)(=O)c1cccs1. The number of carbonyl (C=O) groups is 1. The highest BCUT2D eigenvalue weighted by Gasteiger charge is 2.14. The smallest absolute Gasteiger partial charge is 0.307 e. The van der Waals surface area contributed by atoms with E-state index in [-0.39, 0.29) is 23.1 Å². The van der Waals surface area contributed by atoms with Crippen LogP contribution in [0.4, 0.5) is 0 Å². The summed E-state index contributed by atoms with van der Waals surface area (Å²) >= 11 is 1.14. The molecular formula is C10H15NO4S2. The fourth-order valence-electron chi connectivity index (χ4n) is 1.06. The first-order valence-corrected chi connectivity index (χ1v) is 7.61. The van der Waals surface area contributed by atoms with Gasteiger partial charge in [0.05, 0.1) is 13.0 Å². The van der Waals surface area contributed by atoms with Crippen LogP contribution in [0.15, 0.2) is 21.7 Å². The first kappa shape index (κ1) is 14.1. The molecule has 0 fully saturated rings. The maximum absolute atomic E-state index is 11.6. The number of ether oxygens (including phenoxy) is 1. The molecule has 0 aromatic carbocycles. The lowest BCUT2D eigenvalue weighted by Gasteiger charge is -2.05. The summed E-state index contributed by atoms with van der Waals surface area (Å²) < 4.78 is 30.7. The van der Waals surface area contributed by atoms with E-state index in [1.807, 2.05) is 6.92 Å². The molecule has 0 saturated carbocycles. The van der Waals surface area contributed by atoms with Crippen molar-refractivity contribution < 1.29 is 17.9 Å². The van der Waals surface area contributed by atoms with Crippen LogP contribution in [0.5, 0.6) is 0 Å². The van der Waals surface area contributed by atoms with Gasteiger partial charge in [0, 0.05) is 6.54 Å². The molecule has 0 radical (unpaired) electrons. The second-order valence-electron chi connectivity index (χ2n) is 3.30. The summed E-state index contributed by atoms with van der Waals surface area (Å²) in [6.07, 6.45) is 0.803. The Morgan fingerprint density at radius 2 is 2.29 bits per heavy atom. The molecule has 7 heteroatoms. The molecule has 1 aromatic heterocycles. The molecule has 0 aliphatic carbocycles. The van der Waals surface area contributed by atoms with Crippen LogP contribution in [0.1, 0.15) is 19.8 Å². The van der Waals surface area contributed by atoms with E-state index in [9.17, 15) is 13.2 Å². The molecule has 0 atom stereocenters. The summed E-state index contributed by atoms with van der Waals surface area (Å²) in [6, 6.07) is 3.18. The lowest BCUT2D eigenvalue weighted by molar-refractivity contribution is -0.143. The topological polar surface area (TPSA) is 72.5 Å². The highest BCUT2D eigenvalue weighted by molar-refractivity contribution is 7.91. The molecule has 1 N–H and O–H groups in total. The second-order valence-corrected chi connectivity index (χ2v) is 6.24. The third kappa shape index (κ3) is 4.84. The van der Waals surface area contributed by atoms with Crippen molar-refractivity contribution >= 4 is 27.3 Å². The first-order valence-electron chi connectivity index (χ1n) is 5.25. The zero-order chi connectivity index (χ0) is 12.7. The fraction of sp³-hybridized carbons (Fsp3) is 0.500. The molecule has 0 spiro atoms. The molecule has 17 heavy (non-hydrogen) atoms. The molecule has 96 valence electrons. The molecule has 0 amide bonds. The van der Waals surface area contributed by atoms with Gasteiger partial charge in [0.1, 0.15) is 4.21 Å². The summed E-state index contributed by atoms with van der Waals surface area (Å²) in [5.41, 5.74) is 0. The van der Waals surface area contributed by atoms with Crippen LogP contribution in [-0.4, -0.2) is 27.5 Å². The maximum Gasteiger partial charge on any atom is 0.307 e. The van der Waals surface area contributed by atoms with E-state index in [4.69, 9.17) is 4.74 Å². The average Bonchev–Trinajstić information content (AvgIpc) is 2.80. The van der Waals surface area contributed by atoms with Crippen molar-refractivity contribution in [2.45, 2.75) is 24.0 Å². The molecular weight excluding hydrogens is 262 g/mol. The van der Waals surface area contributed by atoms with Crippen molar-refractivity contribution in [3.63, 3.8) is 0 Å². The monoisotopic (exact) mass is 277 g/mol. The number of esters is 1. The van der Waals surface area contributed by atoms with Gasteiger partial charge in [-0.1, -0.05) is 13.0 Å². The van der Waals surface area contributed by atoms with Crippen molar-refractivity contribution in [1.82, 2.24) is 4.72 Å². The molecule has 1 aromatic rings. The lowest BCUT2D eigenvalue weighted by Crippen LogP contribution is -2.26. The van der Waals surface area contributed by atoms with Gasteiger partial charge in [-0.05, 0) is 17.9 Å². The highest BCUT2D eigenvalue weighted by atomic mass is 32.2.